The molecule has 0 saturated heterocycles. The number of rotatable bonds is 6. The van der Waals surface area contributed by atoms with Gasteiger partial charge in [0.05, 0.1) is 0 Å². The first-order chi connectivity index (χ1) is 10.1. The normalized spacial score (nSPS) is 26.2. The lowest BCUT2D eigenvalue weighted by atomic mass is 9.75. The number of nitrogens with two attached hydrogens (primary N) is 1. The van der Waals surface area contributed by atoms with Crippen LogP contribution in [0, 0.1) is 12.8 Å². The lowest BCUT2D eigenvalue weighted by Gasteiger charge is -2.48. The van der Waals surface area contributed by atoms with E-state index in [1.165, 1.54) is 43.2 Å². The van der Waals surface area contributed by atoms with Gasteiger partial charge >= 0.3 is 0 Å². The molecule has 1 fully saturated rings. The molecule has 1 aliphatic rings. The molecule has 0 aliphatic heterocycles. The van der Waals surface area contributed by atoms with Gasteiger partial charge in [0.15, 0.2) is 0 Å². The molecule has 0 spiro atoms. The minimum absolute atomic E-state index is 0.192. The van der Waals surface area contributed by atoms with Crippen molar-refractivity contribution in [1.29, 1.82) is 0 Å². The highest BCUT2D eigenvalue weighted by atomic mass is 15.2. The number of hydrogen-bond donors (Lipinski definition) is 1. The van der Waals surface area contributed by atoms with Crippen LogP contribution in [0.25, 0.3) is 0 Å². The summed E-state index contributed by atoms with van der Waals surface area (Å²) in [6.07, 6.45) is 10.3. The summed E-state index contributed by atoms with van der Waals surface area (Å²) in [7, 11) is 0. The summed E-state index contributed by atoms with van der Waals surface area (Å²) in [5.74, 6) is 0.789. The Labute approximate surface area is 129 Å². The smallest absolute Gasteiger partial charge is 0.0337 e. The summed E-state index contributed by atoms with van der Waals surface area (Å²) in [6, 6.07) is 2.26. The van der Waals surface area contributed by atoms with E-state index in [1.54, 1.807) is 0 Å². The Morgan fingerprint density at radius 2 is 2.24 bits per heavy atom. The SMILES string of the molecule is CCCN(Cc1cncc(C)c1)C1(CN)CCCC(C)C1. The summed E-state index contributed by atoms with van der Waals surface area (Å²) >= 11 is 0. The van der Waals surface area contributed by atoms with Crippen LogP contribution in [-0.2, 0) is 6.54 Å². The Kier molecular flexibility index (Phi) is 5.77. The molecule has 0 bridgehead atoms. The Morgan fingerprint density at radius 1 is 1.43 bits per heavy atom. The summed E-state index contributed by atoms with van der Waals surface area (Å²) in [4.78, 5) is 6.99. The molecule has 2 N–H and O–H groups in total. The van der Waals surface area contributed by atoms with E-state index in [2.05, 4.69) is 36.7 Å². The van der Waals surface area contributed by atoms with Gasteiger partial charge in [-0.3, -0.25) is 9.88 Å². The predicted molar refractivity (Wildman–Crippen MR) is 89.1 cm³/mol. The lowest BCUT2D eigenvalue weighted by molar-refractivity contribution is 0.0321. The maximum atomic E-state index is 6.26. The maximum Gasteiger partial charge on any atom is 0.0337 e. The van der Waals surface area contributed by atoms with Crippen molar-refractivity contribution in [3.63, 3.8) is 0 Å². The molecule has 2 unspecified atom stereocenters. The number of hydrogen-bond acceptors (Lipinski definition) is 3. The summed E-state index contributed by atoms with van der Waals surface area (Å²) < 4.78 is 0. The van der Waals surface area contributed by atoms with Crippen LogP contribution >= 0.6 is 0 Å². The van der Waals surface area contributed by atoms with Gasteiger partial charge in [-0.05, 0) is 49.8 Å². The van der Waals surface area contributed by atoms with Crippen molar-refractivity contribution in [3.05, 3.63) is 29.6 Å². The highest BCUT2D eigenvalue weighted by Gasteiger charge is 2.38. The average Bonchev–Trinajstić information content (AvgIpc) is 2.47. The molecule has 1 heterocycles. The molecule has 118 valence electrons. The third kappa shape index (κ3) is 4.04. The van der Waals surface area contributed by atoms with Crippen molar-refractivity contribution < 1.29 is 0 Å². The Balaban J connectivity index is 2.19. The van der Waals surface area contributed by atoms with Gasteiger partial charge in [-0.25, -0.2) is 0 Å². The van der Waals surface area contributed by atoms with E-state index < -0.39 is 0 Å². The molecule has 1 saturated carbocycles. The monoisotopic (exact) mass is 289 g/mol. The second kappa shape index (κ2) is 7.37. The molecular formula is C18H31N3. The highest BCUT2D eigenvalue weighted by molar-refractivity contribution is 5.17. The quantitative estimate of drug-likeness (QED) is 0.871. The van der Waals surface area contributed by atoms with Crippen molar-refractivity contribution in [2.24, 2.45) is 11.7 Å². The second-order valence-corrected chi connectivity index (χ2v) is 6.92. The molecule has 3 nitrogen and oxygen atoms in total. The van der Waals surface area contributed by atoms with E-state index in [0.717, 1.165) is 25.6 Å². The third-order valence-corrected chi connectivity index (χ3v) is 4.92. The van der Waals surface area contributed by atoms with E-state index in [9.17, 15) is 0 Å². The van der Waals surface area contributed by atoms with Gasteiger partial charge in [0, 0.05) is 31.0 Å². The molecule has 1 aromatic heterocycles. The largest absolute Gasteiger partial charge is 0.329 e. The lowest BCUT2D eigenvalue weighted by Crippen LogP contribution is -2.56. The highest BCUT2D eigenvalue weighted by Crippen LogP contribution is 2.37. The fraction of sp³-hybridized carbons (Fsp3) is 0.722. The van der Waals surface area contributed by atoms with E-state index >= 15 is 0 Å². The van der Waals surface area contributed by atoms with Gasteiger partial charge < -0.3 is 5.73 Å². The van der Waals surface area contributed by atoms with Gasteiger partial charge in [-0.1, -0.05) is 32.8 Å². The fourth-order valence-electron chi connectivity index (χ4n) is 3.91. The van der Waals surface area contributed by atoms with Gasteiger partial charge in [0.25, 0.3) is 0 Å². The average molecular weight is 289 g/mol. The topological polar surface area (TPSA) is 42.2 Å². The molecule has 0 amide bonds. The molecule has 3 heteroatoms. The standard InChI is InChI=1S/C18H31N3/c1-4-8-21(13-17-9-16(3)11-20-12-17)18(14-19)7-5-6-15(2)10-18/h9,11-12,15H,4-8,10,13-14,19H2,1-3H3. The van der Waals surface area contributed by atoms with E-state index in [1.807, 2.05) is 12.4 Å². The molecule has 0 radical (unpaired) electrons. The van der Waals surface area contributed by atoms with Crippen molar-refractivity contribution >= 4 is 0 Å². The predicted octanol–water partition coefficient (Wildman–Crippen LogP) is 3.51. The maximum absolute atomic E-state index is 6.26. The number of aromatic nitrogens is 1. The van der Waals surface area contributed by atoms with Crippen LogP contribution in [-0.4, -0.2) is 28.5 Å². The molecule has 21 heavy (non-hydrogen) atoms. The Morgan fingerprint density at radius 3 is 2.86 bits per heavy atom. The summed E-state index contributed by atoms with van der Waals surface area (Å²) in [5.41, 5.74) is 9.00. The van der Waals surface area contributed by atoms with Crippen LogP contribution in [0.1, 0.15) is 57.1 Å². The first-order valence-corrected chi connectivity index (χ1v) is 8.45. The minimum atomic E-state index is 0.192. The molecule has 2 rings (SSSR count). The minimum Gasteiger partial charge on any atom is -0.329 e. The third-order valence-electron chi connectivity index (χ3n) is 4.92. The van der Waals surface area contributed by atoms with Crippen molar-refractivity contribution in [2.45, 2.75) is 65.0 Å². The van der Waals surface area contributed by atoms with Crippen LogP contribution < -0.4 is 5.73 Å². The first-order valence-electron chi connectivity index (χ1n) is 8.45. The van der Waals surface area contributed by atoms with Gasteiger partial charge in [-0.2, -0.15) is 0 Å². The van der Waals surface area contributed by atoms with Gasteiger partial charge in [0.2, 0.25) is 0 Å². The van der Waals surface area contributed by atoms with Crippen molar-refractivity contribution in [1.82, 2.24) is 9.88 Å². The van der Waals surface area contributed by atoms with Crippen LogP contribution in [0.4, 0.5) is 0 Å². The van der Waals surface area contributed by atoms with Crippen molar-refractivity contribution in [2.75, 3.05) is 13.1 Å². The molecule has 1 aromatic rings. The van der Waals surface area contributed by atoms with Gasteiger partial charge in [0.1, 0.15) is 0 Å². The number of nitrogens with zero attached hydrogens (tertiary/aromatic N) is 2. The zero-order valence-electron chi connectivity index (χ0n) is 13.9. The van der Waals surface area contributed by atoms with Crippen molar-refractivity contribution in [3.8, 4) is 0 Å². The van der Waals surface area contributed by atoms with E-state index in [0.29, 0.717) is 0 Å². The Bertz CT molecular complexity index is 446. The van der Waals surface area contributed by atoms with Crippen LogP contribution in [0.3, 0.4) is 0 Å². The molecular weight excluding hydrogens is 258 g/mol. The fourth-order valence-corrected chi connectivity index (χ4v) is 3.91. The van der Waals surface area contributed by atoms with Crippen LogP contribution in [0.2, 0.25) is 0 Å². The summed E-state index contributed by atoms with van der Waals surface area (Å²) in [6.45, 7) is 9.63. The second-order valence-electron chi connectivity index (χ2n) is 6.92. The number of pyridine rings is 1. The van der Waals surface area contributed by atoms with Crippen LogP contribution in [0.5, 0.6) is 0 Å². The first kappa shape index (κ1) is 16.4. The molecule has 1 aliphatic carbocycles. The molecule has 0 aromatic carbocycles. The van der Waals surface area contributed by atoms with E-state index in [4.69, 9.17) is 5.73 Å². The van der Waals surface area contributed by atoms with Crippen LogP contribution in [0.15, 0.2) is 18.5 Å². The zero-order chi connectivity index (χ0) is 15.3. The summed E-state index contributed by atoms with van der Waals surface area (Å²) in [5, 5.41) is 0. The zero-order valence-corrected chi connectivity index (χ0v) is 13.9. The number of aryl methyl sites for hydroxylation is 1. The Hall–Kier alpha value is -0.930. The molecule has 2 atom stereocenters. The van der Waals surface area contributed by atoms with E-state index in [-0.39, 0.29) is 5.54 Å². The van der Waals surface area contributed by atoms with Gasteiger partial charge in [-0.15, -0.1) is 0 Å².